The van der Waals surface area contributed by atoms with Gasteiger partial charge in [-0.15, -0.1) is 0 Å². The van der Waals surface area contributed by atoms with Gasteiger partial charge in [0.2, 0.25) is 0 Å². The van der Waals surface area contributed by atoms with Crippen LogP contribution in [0.5, 0.6) is 5.75 Å². The highest BCUT2D eigenvalue weighted by Gasteiger charge is 2.16. The molecule has 0 aromatic heterocycles. The van der Waals surface area contributed by atoms with Crippen molar-refractivity contribution in [3.63, 3.8) is 0 Å². The highest BCUT2D eigenvalue weighted by molar-refractivity contribution is 5.28. The molecule has 0 saturated heterocycles. The van der Waals surface area contributed by atoms with Gasteiger partial charge in [-0.05, 0) is 62.8 Å². The second-order valence-electron chi connectivity index (χ2n) is 4.56. The van der Waals surface area contributed by atoms with E-state index in [4.69, 9.17) is 10.5 Å². The van der Waals surface area contributed by atoms with E-state index in [1.807, 2.05) is 0 Å². The number of benzene rings is 1. The third kappa shape index (κ3) is 3.24. The fourth-order valence-electron chi connectivity index (χ4n) is 2.28. The van der Waals surface area contributed by atoms with Crippen molar-refractivity contribution in [3.05, 3.63) is 29.8 Å². The van der Waals surface area contributed by atoms with Crippen LogP contribution in [-0.4, -0.2) is 12.6 Å². The maximum Gasteiger partial charge on any atom is 0.119 e. The quantitative estimate of drug-likeness (QED) is 0.826. The molecule has 0 aliphatic heterocycles. The lowest BCUT2D eigenvalue weighted by atomic mass is 10.1. The van der Waals surface area contributed by atoms with E-state index in [2.05, 4.69) is 24.3 Å². The molecule has 16 heavy (non-hydrogen) atoms. The van der Waals surface area contributed by atoms with E-state index >= 15 is 0 Å². The number of nitrogens with two attached hydrogens (primary N) is 1. The van der Waals surface area contributed by atoms with Crippen LogP contribution in [0.4, 0.5) is 0 Å². The van der Waals surface area contributed by atoms with Crippen LogP contribution >= 0.6 is 0 Å². The molecule has 88 valence electrons. The van der Waals surface area contributed by atoms with Crippen molar-refractivity contribution in [1.29, 1.82) is 0 Å². The molecule has 0 spiro atoms. The molecule has 2 nitrogen and oxygen atoms in total. The minimum absolute atomic E-state index is 0.449. The van der Waals surface area contributed by atoms with Gasteiger partial charge in [-0.25, -0.2) is 0 Å². The number of ether oxygens (including phenoxy) is 1. The Morgan fingerprint density at radius 2 is 2.06 bits per heavy atom. The summed E-state index contributed by atoms with van der Waals surface area (Å²) in [5.41, 5.74) is 6.85. The molecule has 0 radical (unpaired) electrons. The lowest BCUT2D eigenvalue weighted by Gasteiger charge is -2.13. The number of hydrogen-bond donors (Lipinski definition) is 1. The van der Waals surface area contributed by atoms with Gasteiger partial charge in [-0.2, -0.15) is 0 Å². The zero-order chi connectivity index (χ0) is 11.2. The maximum absolute atomic E-state index is 5.96. The molecule has 1 fully saturated rings. The molecule has 1 aliphatic carbocycles. The molecule has 0 bridgehead atoms. The summed E-state index contributed by atoms with van der Waals surface area (Å²) in [6, 6.07) is 8.45. The Labute approximate surface area is 97.8 Å². The molecule has 2 rings (SSSR count). The number of rotatable bonds is 5. The summed E-state index contributed by atoms with van der Waals surface area (Å²) in [6.45, 7) is 0.758. The Balaban J connectivity index is 1.92. The molecule has 0 unspecified atom stereocenters. The van der Waals surface area contributed by atoms with Crippen LogP contribution in [0.15, 0.2) is 24.3 Å². The number of aryl methyl sites for hydroxylation is 1. The summed E-state index contributed by atoms with van der Waals surface area (Å²) in [7, 11) is 0. The molecular formula is C14H21NO. The van der Waals surface area contributed by atoms with Crippen molar-refractivity contribution < 1.29 is 4.74 Å². The Morgan fingerprint density at radius 1 is 1.25 bits per heavy atom. The van der Waals surface area contributed by atoms with Gasteiger partial charge in [0.15, 0.2) is 0 Å². The topological polar surface area (TPSA) is 35.2 Å². The van der Waals surface area contributed by atoms with Crippen molar-refractivity contribution in [2.45, 2.75) is 44.6 Å². The van der Waals surface area contributed by atoms with Gasteiger partial charge in [-0.3, -0.25) is 0 Å². The van der Waals surface area contributed by atoms with Gasteiger partial charge in [0.05, 0.1) is 6.10 Å². The lowest BCUT2D eigenvalue weighted by molar-refractivity contribution is 0.210. The second kappa shape index (κ2) is 5.90. The van der Waals surface area contributed by atoms with E-state index in [0.29, 0.717) is 6.10 Å². The van der Waals surface area contributed by atoms with E-state index in [1.165, 1.54) is 31.2 Å². The third-order valence-corrected chi connectivity index (χ3v) is 3.17. The fraction of sp³-hybridized carbons (Fsp3) is 0.571. The molecule has 2 N–H and O–H groups in total. The fourth-order valence-corrected chi connectivity index (χ4v) is 2.28. The van der Waals surface area contributed by atoms with Gasteiger partial charge in [0.1, 0.15) is 5.75 Å². The largest absolute Gasteiger partial charge is 0.490 e. The molecule has 1 saturated carbocycles. The SMILES string of the molecule is NCCCc1cccc(OC2CCCC2)c1. The first-order valence-electron chi connectivity index (χ1n) is 6.34. The monoisotopic (exact) mass is 219 g/mol. The zero-order valence-corrected chi connectivity index (χ0v) is 9.82. The molecule has 1 aromatic rings. The maximum atomic E-state index is 5.96. The van der Waals surface area contributed by atoms with Gasteiger partial charge in [0.25, 0.3) is 0 Å². The van der Waals surface area contributed by atoms with Crippen LogP contribution in [0.3, 0.4) is 0 Å². The first-order valence-corrected chi connectivity index (χ1v) is 6.34. The lowest BCUT2D eigenvalue weighted by Crippen LogP contribution is -2.10. The summed E-state index contributed by atoms with van der Waals surface area (Å²) in [5.74, 6) is 1.03. The second-order valence-corrected chi connectivity index (χ2v) is 4.56. The third-order valence-electron chi connectivity index (χ3n) is 3.17. The van der Waals surface area contributed by atoms with Crippen molar-refractivity contribution in [2.75, 3.05) is 6.54 Å². The molecular weight excluding hydrogens is 198 g/mol. The summed E-state index contributed by atoms with van der Waals surface area (Å²) < 4.78 is 5.96. The van der Waals surface area contributed by atoms with E-state index < -0.39 is 0 Å². The minimum atomic E-state index is 0.449. The predicted octanol–water partition coefficient (Wildman–Crippen LogP) is 2.90. The predicted molar refractivity (Wildman–Crippen MR) is 66.7 cm³/mol. The zero-order valence-electron chi connectivity index (χ0n) is 9.82. The van der Waals surface area contributed by atoms with Crippen molar-refractivity contribution in [2.24, 2.45) is 5.73 Å². The Kier molecular flexibility index (Phi) is 4.23. The van der Waals surface area contributed by atoms with E-state index in [-0.39, 0.29) is 0 Å². The smallest absolute Gasteiger partial charge is 0.119 e. The minimum Gasteiger partial charge on any atom is -0.490 e. The van der Waals surface area contributed by atoms with Crippen LogP contribution in [0.2, 0.25) is 0 Å². The Hall–Kier alpha value is -1.02. The van der Waals surface area contributed by atoms with E-state index in [0.717, 1.165) is 25.1 Å². The van der Waals surface area contributed by atoms with Crippen LogP contribution < -0.4 is 10.5 Å². The highest BCUT2D eigenvalue weighted by Crippen LogP contribution is 2.24. The Morgan fingerprint density at radius 3 is 2.81 bits per heavy atom. The molecule has 0 amide bonds. The van der Waals surface area contributed by atoms with Crippen molar-refractivity contribution >= 4 is 0 Å². The molecule has 1 aliphatic rings. The van der Waals surface area contributed by atoms with Crippen molar-refractivity contribution in [3.8, 4) is 5.75 Å². The normalized spacial score (nSPS) is 16.6. The Bertz CT molecular complexity index is 318. The molecule has 0 heterocycles. The molecule has 2 heteroatoms. The van der Waals surface area contributed by atoms with Crippen LogP contribution in [0.1, 0.15) is 37.7 Å². The van der Waals surface area contributed by atoms with Crippen LogP contribution in [0.25, 0.3) is 0 Å². The summed E-state index contributed by atoms with van der Waals surface area (Å²) >= 11 is 0. The van der Waals surface area contributed by atoms with E-state index in [1.54, 1.807) is 0 Å². The summed E-state index contributed by atoms with van der Waals surface area (Å²) in [5, 5.41) is 0. The summed E-state index contributed by atoms with van der Waals surface area (Å²) in [6.07, 6.45) is 7.62. The van der Waals surface area contributed by atoms with Crippen molar-refractivity contribution in [1.82, 2.24) is 0 Å². The average Bonchev–Trinajstić information content (AvgIpc) is 2.80. The molecule has 1 aromatic carbocycles. The van der Waals surface area contributed by atoms with Gasteiger partial charge < -0.3 is 10.5 Å². The van der Waals surface area contributed by atoms with Crippen LogP contribution in [0, 0.1) is 0 Å². The summed E-state index contributed by atoms with van der Waals surface area (Å²) in [4.78, 5) is 0. The van der Waals surface area contributed by atoms with Gasteiger partial charge >= 0.3 is 0 Å². The van der Waals surface area contributed by atoms with Crippen LogP contribution in [-0.2, 0) is 6.42 Å². The van der Waals surface area contributed by atoms with Gasteiger partial charge in [-0.1, -0.05) is 12.1 Å². The van der Waals surface area contributed by atoms with Gasteiger partial charge in [0, 0.05) is 0 Å². The first-order chi connectivity index (χ1) is 7.88. The average molecular weight is 219 g/mol. The van der Waals surface area contributed by atoms with E-state index in [9.17, 15) is 0 Å². The highest BCUT2D eigenvalue weighted by atomic mass is 16.5. The first kappa shape index (κ1) is 11.5. The standard InChI is InChI=1S/C14H21NO/c15-10-4-6-12-5-3-9-14(11-12)16-13-7-1-2-8-13/h3,5,9,11,13H,1-2,4,6-8,10,15H2. The molecule has 0 atom stereocenters. The number of hydrogen-bond acceptors (Lipinski definition) is 2.